The van der Waals surface area contributed by atoms with Crippen LogP contribution in [0.15, 0.2) is 17.9 Å². The molecule has 1 saturated heterocycles. The van der Waals surface area contributed by atoms with Gasteiger partial charge in [-0.05, 0) is 12.8 Å². The molecule has 3 heterocycles. The van der Waals surface area contributed by atoms with Crippen LogP contribution in [0.1, 0.15) is 45.5 Å². The van der Waals surface area contributed by atoms with Crippen LogP contribution in [0.5, 0.6) is 0 Å². The number of nitrogens with zero attached hydrogens (tertiary/aromatic N) is 3. The SMILES string of the molecule is CC1(c2[nH]ncc2C(N)=O)CCN(C(=O)c2cncs2)CC1. The Balaban J connectivity index is 1.74. The molecule has 0 aromatic carbocycles. The summed E-state index contributed by atoms with van der Waals surface area (Å²) in [5.74, 6) is -0.461. The number of thiazole rings is 1. The fourth-order valence-electron chi connectivity index (χ4n) is 2.86. The zero-order valence-corrected chi connectivity index (χ0v) is 13.0. The number of carbonyl (C=O) groups excluding carboxylic acids is 2. The number of aromatic amines is 1. The van der Waals surface area contributed by atoms with Crippen LogP contribution in [-0.2, 0) is 5.41 Å². The zero-order valence-electron chi connectivity index (χ0n) is 12.2. The summed E-state index contributed by atoms with van der Waals surface area (Å²) >= 11 is 1.35. The Morgan fingerprint density at radius 3 is 2.68 bits per heavy atom. The number of rotatable bonds is 3. The molecule has 0 radical (unpaired) electrons. The number of aromatic nitrogens is 3. The fraction of sp³-hybridized carbons (Fsp3) is 0.429. The van der Waals surface area contributed by atoms with Crippen LogP contribution in [0.2, 0.25) is 0 Å². The lowest BCUT2D eigenvalue weighted by molar-refractivity contribution is 0.0676. The van der Waals surface area contributed by atoms with E-state index in [9.17, 15) is 9.59 Å². The van der Waals surface area contributed by atoms with E-state index in [1.54, 1.807) is 11.7 Å². The van der Waals surface area contributed by atoms with Crippen molar-refractivity contribution in [3.8, 4) is 0 Å². The van der Waals surface area contributed by atoms with Gasteiger partial charge in [0.25, 0.3) is 11.8 Å². The van der Waals surface area contributed by atoms with Gasteiger partial charge in [0.15, 0.2) is 0 Å². The Morgan fingerprint density at radius 2 is 2.09 bits per heavy atom. The minimum atomic E-state index is -0.479. The van der Waals surface area contributed by atoms with E-state index in [2.05, 4.69) is 22.1 Å². The number of hydrogen-bond donors (Lipinski definition) is 2. The molecule has 116 valence electrons. The number of piperidine rings is 1. The summed E-state index contributed by atoms with van der Waals surface area (Å²) in [4.78, 5) is 30.3. The first-order valence-corrected chi connectivity index (χ1v) is 7.91. The molecule has 3 rings (SSSR count). The number of hydrogen-bond acceptors (Lipinski definition) is 5. The molecule has 2 amide bonds. The number of primary amides is 1. The molecule has 0 aliphatic carbocycles. The maximum atomic E-state index is 12.3. The van der Waals surface area contributed by atoms with E-state index in [1.807, 2.05) is 4.90 Å². The normalized spacial score (nSPS) is 17.4. The highest BCUT2D eigenvalue weighted by molar-refractivity contribution is 7.11. The van der Waals surface area contributed by atoms with Crippen LogP contribution in [0.4, 0.5) is 0 Å². The summed E-state index contributed by atoms with van der Waals surface area (Å²) < 4.78 is 0. The molecule has 1 fully saturated rings. The third-order valence-corrected chi connectivity index (χ3v) is 5.07. The topological polar surface area (TPSA) is 105 Å². The molecule has 0 spiro atoms. The van der Waals surface area contributed by atoms with Gasteiger partial charge < -0.3 is 10.6 Å². The summed E-state index contributed by atoms with van der Waals surface area (Å²) in [6.07, 6.45) is 4.57. The van der Waals surface area contributed by atoms with Crippen molar-refractivity contribution in [2.45, 2.75) is 25.2 Å². The predicted molar refractivity (Wildman–Crippen MR) is 81.7 cm³/mol. The predicted octanol–water partition coefficient (Wildman–Crippen LogP) is 1.16. The molecule has 1 aliphatic rings. The molecule has 7 nitrogen and oxygen atoms in total. The number of nitrogens with one attached hydrogen (secondary N) is 1. The smallest absolute Gasteiger partial charge is 0.265 e. The lowest BCUT2D eigenvalue weighted by Gasteiger charge is -2.39. The van der Waals surface area contributed by atoms with Crippen molar-refractivity contribution in [3.63, 3.8) is 0 Å². The second-order valence-electron chi connectivity index (χ2n) is 5.74. The zero-order chi connectivity index (χ0) is 15.7. The van der Waals surface area contributed by atoms with Crippen molar-refractivity contribution in [3.05, 3.63) is 34.0 Å². The molecule has 2 aromatic heterocycles. The first-order chi connectivity index (χ1) is 10.5. The van der Waals surface area contributed by atoms with Crippen LogP contribution in [0.25, 0.3) is 0 Å². The number of amides is 2. The molecule has 0 atom stereocenters. The average molecular weight is 319 g/mol. The highest BCUT2D eigenvalue weighted by Gasteiger charge is 2.37. The molecule has 1 aliphatic heterocycles. The molecular formula is C14H17N5O2S. The van der Waals surface area contributed by atoms with Gasteiger partial charge in [-0.3, -0.25) is 19.7 Å². The Hall–Kier alpha value is -2.22. The number of H-pyrrole nitrogens is 1. The first-order valence-electron chi connectivity index (χ1n) is 7.03. The monoisotopic (exact) mass is 319 g/mol. The Bertz CT molecular complexity index is 686. The van der Waals surface area contributed by atoms with Crippen molar-refractivity contribution < 1.29 is 9.59 Å². The number of likely N-dealkylation sites (tertiary alicyclic amines) is 1. The summed E-state index contributed by atoms with van der Waals surface area (Å²) in [6, 6.07) is 0. The molecule has 8 heteroatoms. The van der Waals surface area contributed by atoms with Crippen molar-refractivity contribution >= 4 is 23.2 Å². The quantitative estimate of drug-likeness (QED) is 0.885. The maximum Gasteiger partial charge on any atom is 0.265 e. The van der Waals surface area contributed by atoms with Crippen LogP contribution in [0, 0.1) is 0 Å². The van der Waals surface area contributed by atoms with Gasteiger partial charge in [0.05, 0.1) is 29.2 Å². The molecular weight excluding hydrogens is 302 g/mol. The van der Waals surface area contributed by atoms with Crippen molar-refractivity contribution in [1.82, 2.24) is 20.1 Å². The van der Waals surface area contributed by atoms with Crippen molar-refractivity contribution in [2.75, 3.05) is 13.1 Å². The van der Waals surface area contributed by atoms with E-state index in [0.717, 1.165) is 18.5 Å². The Labute approximate surface area is 131 Å². The summed E-state index contributed by atoms with van der Waals surface area (Å²) in [5.41, 5.74) is 8.03. The van der Waals surface area contributed by atoms with Gasteiger partial charge in [0.1, 0.15) is 4.88 Å². The third-order valence-electron chi connectivity index (χ3n) is 4.31. The van der Waals surface area contributed by atoms with E-state index in [-0.39, 0.29) is 11.3 Å². The van der Waals surface area contributed by atoms with E-state index in [0.29, 0.717) is 23.5 Å². The number of nitrogens with two attached hydrogens (primary N) is 1. The van der Waals surface area contributed by atoms with Gasteiger partial charge in [-0.15, -0.1) is 11.3 Å². The number of carbonyl (C=O) groups is 2. The fourth-order valence-corrected chi connectivity index (χ4v) is 3.45. The second kappa shape index (κ2) is 5.53. The van der Waals surface area contributed by atoms with Gasteiger partial charge in [-0.2, -0.15) is 5.10 Å². The lowest BCUT2D eigenvalue weighted by Crippen LogP contribution is -2.44. The Morgan fingerprint density at radius 1 is 1.36 bits per heavy atom. The van der Waals surface area contributed by atoms with Gasteiger partial charge >= 0.3 is 0 Å². The molecule has 0 unspecified atom stereocenters. The molecule has 2 aromatic rings. The van der Waals surface area contributed by atoms with Crippen molar-refractivity contribution in [1.29, 1.82) is 0 Å². The van der Waals surface area contributed by atoms with Crippen molar-refractivity contribution in [2.24, 2.45) is 5.73 Å². The molecule has 22 heavy (non-hydrogen) atoms. The van der Waals surface area contributed by atoms with Gasteiger partial charge in [0, 0.05) is 18.5 Å². The van der Waals surface area contributed by atoms with Crippen LogP contribution in [-0.4, -0.2) is 45.0 Å². The minimum Gasteiger partial charge on any atom is -0.365 e. The summed E-state index contributed by atoms with van der Waals surface area (Å²) in [5, 5.41) is 6.85. The van der Waals surface area contributed by atoms with Crippen LogP contribution < -0.4 is 5.73 Å². The second-order valence-corrected chi connectivity index (χ2v) is 6.63. The summed E-state index contributed by atoms with van der Waals surface area (Å²) in [6.45, 7) is 3.33. The van der Waals surface area contributed by atoms with Crippen LogP contribution in [0.3, 0.4) is 0 Å². The highest BCUT2D eigenvalue weighted by atomic mass is 32.1. The third kappa shape index (κ3) is 2.50. The molecule has 0 bridgehead atoms. The van der Waals surface area contributed by atoms with Crippen LogP contribution >= 0.6 is 11.3 Å². The largest absolute Gasteiger partial charge is 0.365 e. The molecule has 0 saturated carbocycles. The Kier molecular flexibility index (Phi) is 3.69. The highest BCUT2D eigenvalue weighted by Crippen LogP contribution is 2.36. The maximum absolute atomic E-state index is 12.3. The standard InChI is InChI=1S/C14H17N5O2S/c1-14(11-9(12(15)20)6-17-18-11)2-4-19(5-3-14)13(21)10-7-16-8-22-10/h6-8H,2-5H2,1H3,(H2,15,20)(H,17,18). The average Bonchev–Trinajstić information content (AvgIpc) is 3.19. The molecule has 3 N–H and O–H groups in total. The minimum absolute atomic E-state index is 0.0179. The van der Waals surface area contributed by atoms with E-state index < -0.39 is 5.91 Å². The lowest BCUT2D eigenvalue weighted by atomic mass is 9.76. The van der Waals surface area contributed by atoms with Gasteiger partial charge in [-0.1, -0.05) is 6.92 Å². The first kappa shape index (κ1) is 14.7. The van der Waals surface area contributed by atoms with E-state index >= 15 is 0 Å². The van der Waals surface area contributed by atoms with E-state index in [4.69, 9.17) is 5.73 Å². The van der Waals surface area contributed by atoms with Gasteiger partial charge in [-0.25, -0.2) is 0 Å². The van der Waals surface area contributed by atoms with E-state index in [1.165, 1.54) is 17.5 Å². The summed E-state index contributed by atoms with van der Waals surface area (Å²) in [7, 11) is 0. The van der Waals surface area contributed by atoms with Gasteiger partial charge in [0.2, 0.25) is 0 Å².